The lowest BCUT2D eigenvalue weighted by atomic mass is 9.89. The van der Waals surface area contributed by atoms with Crippen LogP contribution in [0.25, 0.3) is 0 Å². The highest BCUT2D eigenvalue weighted by Crippen LogP contribution is 2.20. The summed E-state index contributed by atoms with van der Waals surface area (Å²) in [4.78, 5) is 87.0. The number of nitrogens with two attached hydrogens (primary N) is 1. The minimum Gasteiger partial charge on any atom is -0.429 e. The third-order valence-corrected chi connectivity index (χ3v) is 7.81. The number of ketones is 1. The SMILES string of the molecule is Cc1ccc(OC(=O)OCc2ccc(NC(=O)[C@H](CCCNC(N)=O)CC(=O)[C@@H](NC(=O)CCOCCN3C(=O)C=CC3=O)C(C)C)cc2)cc1. The molecule has 0 spiro atoms. The van der Waals surface area contributed by atoms with E-state index in [1.165, 1.54) is 12.2 Å². The average molecular weight is 708 g/mol. The fourth-order valence-corrected chi connectivity index (χ4v) is 5.00. The van der Waals surface area contributed by atoms with Crippen LogP contribution in [0.15, 0.2) is 60.7 Å². The molecule has 0 saturated carbocycles. The number of primary amides is 1. The number of benzene rings is 2. The number of rotatable bonds is 20. The minimum atomic E-state index is -0.876. The average Bonchev–Trinajstić information content (AvgIpc) is 3.41. The first-order valence-electron chi connectivity index (χ1n) is 16.6. The van der Waals surface area contributed by atoms with Crippen molar-refractivity contribution in [1.29, 1.82) is 0 Å². The van der Waals surface area contributed by atoms with Crippen LogP contribution in [0.1, 0.15) is 50.7 Å². The molecule has 51 heavy (non-hydrogen) atoms. The zero-order valence-electron chi connectivity index (χ0n) is 29.0. The molecule has 0 aliphatic carbocycles. The van der Waals surface area contributed by atoms with Crippen LogP contribution in [0.4, 0.5) is 15.3 Å². The number of ether oxygens (including phenoxy) is 3. The van der Waals surface area contributed by atoms with Crippen molar-refractivity contribution in [2.24, 2.45) is 17.6 Å². The van der Waals surface area contributed by atoms with Gasteiger partial charge in [0.2, 0.25) is 11.8 Å². The van der Waals surface area contributed by atoms with Gasteiger partial charge in [-0.3, -0.25) is 28.9 Å². The van der Waals surface area contributed by atoms with Gasteiger partial charge in [0.15, 0.2) is 5.78 Å². The number of urea groups is 1. The second kappa shape index (κ2) is 20.2. The highest BCUT2D eigenvalue weighted by Gasteiger charge is 2.29. The molecule has 3 rings (SSSR count). The third kappa shape index (κ3) is 14.1. The molecule has 0 unspecified atom stereocenters. The molecule has 274 valence electrons. The first kappa shape index (κ1) is 39.9. The van der Waals surface area contributed by atoms with Gasteiger partial charge in [0.25, 0.3) is 11.8 Å². The minimum absolute atomic E-state index is 0.00874. The largest absolute Gasteiger partial charge is 0.514 e. The summed E-state index contributed by atoms with van der Waals surface area (Å²) in [5.41, 5.74) is 7.27. The van der Waals surface area contributed by atoms with E-state index in [9.17, 15) is 33.6 Å². The molecule has 1 aliphatic rings. The second-order valence-corrected chi connectivity index (χ2v) is 12.3. The molecule has 1 aliphatic heterocycles. The summed E-state index contributed by atoms with van der Waals surface area (Å²) in [6.07, 6.45) is 1.87. The number of amides is 6. The Morgan fingerprint density at radius 2 is 1.57 bits per heavy atom. The number of nitrogens with one attached hydrogen (secondary N) is 3. The van der Waals surface area contributed by atoms with Crippen LogP contribution >= 0.6 is 0 Å². The van der Waals surface area contributed by atoms with E-state index in [-0.39, 0.29) is 63.9 Å². The first-order valence-corrected chi connectivity index (χ1v) is 16.6. The molecule has 2 aromatic carbocycles. The maximum absolute atomic E-state index is 13.5. The summed E-state index contributed by atoms with van der Waals surface area (Å²) in [5, 5.41) is 8.01. The molecule has 1 heterocycles. The zero-order chi connectivity index (χ0) is 37.3. The number of aryl methyl sites for hydroxylation is 1. The Labute approximate surface area is 296 Å². The maximum Gasteiger partial charge on any atom is 0.514 e. The van der Waals surface area contributed by atoms with E-state index in [0.717, 1.165) is 10.5 Å². The van der Waals surface area contributed by atoms with Gasteiger partial charge in [-0.15, -0.1) is 0 Å². The standard InChI is InChI=1S/C36H45N5O10/c1-23(2)33(40-30(43)16-19-49-20-18-41-31(44)14-15-32(41)45)29(42)21-26(5-4-17-38-35(37)47)34(46)39-27-10-8-25(9-11-27)22-50-36(48)51-28-12-6-24(3)7-13-28/h6-15,23,26,33H,4-5,16-22H2,1-3H3,(H,39,46)(H,40,43)(H3,37,38,47)/t26-,33+/m1/s1. The summed E-state index contributed by atoms with van der Waals surface area (Å²) >= 11 is 0. The Bertz CT molecular complexity index is 1560. The van der Waals surface area contributed by atoms with Gasteiger partial charge in [0.1, 0.15) is 12.4 Å². The van der Waals surface area contributed by atoms with Crippen LogP contribution in [0.5, 0.6) is 5.75 Å². The number of anilines is 1. The van der Waals surface area contributed by atoms with Gasteiger partial charge in [-0.05, 0) is 55.5 Å². The van der Waals surface area contributed by atoms with Crippen LogP contribution in [-0.4, -0.2) is 78.8 Å². The number of hydrogen-bond donors (Lipinski definition) is 4. The van der Waals surface area contributed by atoms with Crippen molar-refractivity contribution >= 4 is 47.3 Å². The lowest BCUT2D eigenvalue weighted by molar-refractivity contribution is -0.138. The van der Waals surface area contributed by atoms with Crippen LogP contribution in [0, 0.1) is 18.8 Å². The quantitative estimate of drug-likeness (QED) is 0.0683. The number of imide groups is 1. The van der Waals surface area contributed by atoms with E-state index in [1.807, 2.05) is 19.1 Å². The molecule has 2 atom stereocenters. The molecule has 0 saturated heterocycles. The van der Waals surface area contributed by atoms with E-state index in [0.29, 0.717) is 23.4 Å². The van der Waals surface area contributed by atoms with Gasteiger partial charge in [0, 0.05) is 43.1 Å². The molecule has 0 radical (unpaired) electrons. The van der Waals surface area contributed by atoms with Gasteiger partial charge in [-0.25, -0.2) is 9.59 Å². The van der Waals surface area contributed by atoms with E-state index >= 15 is 0 Å². The molecule has 0 aromatic heterocycles. The summed E-state index contributed by atoms with van der Waals surface area (Å²) in [7, 11) is 0. The van der Waals surface area contributed by atoms with Crippen molar-refractivity contribution in [2.75, 3.05) is 31.6 Å². The van der Waals surface area contributed by atoms with Gasteiger partial charge in [-0.2, -0.15) is 0 Å². The van der Waals surface area contributed by atoms with Crippen LogP contribution in [0.2, 0.25) is 0 Å². The Kier molecular flexibility index (Phi) is 15.8. The number of nitrogens with zero attached hydrogens (tertiary/aromatic N) is 1. The van der Waals surface area contributed by atoms with E-state index in [4.69, 9.17) is 19.9 Å². The highest BCUT2D eigenvalue weighted by atomic mass is 16.7. The van der Waals surface area contributed by atoms with E-state index in [2.05, 4.69) is 16.0 Å². The molecule has 5 N–H and O–H groups in total. The molecule has 0 bridgehead atoms. The highest BCUT2D eigenvalue weighted by molar-refractivity contribution is 6.12. The van der Waals surface area contributed by atoms with Crippen molar-refractivity contribution in [3.05, 3.63) is 71.8 Å². The van der Waals surface area contributed by atoms with Crippen molar-refractivity contribution < 1.29 is 47.8 Å². The monoisotopic (exact) mass is 707 g/mol. The summed E-state index contributed by atoms with van der Waals surface area (Å²) in [6, 6.07) is 12.0. The van der Waals surface area contributed by atoms with Crippen molar-refractivity contribution in [2.45, 2.75) is 59.1 Å². The second-order valence-electron chi connectivity index (χ2n) is 12.3. The van der Waals surface area contributed by atoms with Gasteiger partial charge in [-0.1, -0.05) is 43.7 Å². The van der Waals surface area contributed by atoms with E-state index in [1.54, 1.807) is 50.2 Å². The summed E-state index contributed by atoms with van der Waals surface area (Å²) in [6.45, 7) is 5.73. The Morgan fingerprint density at radius 3 is 2.20 bits per heavy atom. The number of hydrogen-bond acceptors (Lipinski definition) is 10. The first-order chi connectivity index (χ1) is 24.3. The smallest absolute Gasteiger partial charge is 0.429 e. The van der Waals surface area contributed by atoms with Gasteiger partial charge in [0.05, 0.1) is 25.8 Å². The zero-order valence-corrected chi connectivity index (χ0v) is 29.0. The van der Waals surface area contributed by atoms with Gasteiger partial charge < -0.3 is 35.9 Å². The van der Waals surface area contributed by atoms with E-state index < -0.39 is 47.8 Å². The van der Waals surface area contributed by atoms with Gasteiger partial charge >= 0.3 is 12.2 Å². The number of carbonyl (C=O) groups excluding carboxylic acids is 7. The van der Waals surface area contributed by atoms with Crippen molar-refractivity contribution in [3.8, 4) is 5.75 Å². The molecule has 6 amide bonds. The number of carbonyl (C=O) groups is 7. The molecule has 0 fully saturated rings. The third-order valence-electron chi connectivity index (χ3n) is 7.81. The van der Waals surface area contributed by atoms with Crippen LogP contribution in [-0.2, 0) is 40.1 Å². The lowest BCUT2D eigenvalue weighted by Gasteiger charge is -2.24. The fraction of sp³-hybridized carbons (Fsp3) is 0.417. The lowest BCUT2D eigenvalue weighted by Crippen LogP contribution is -2.46. The summed E-state index contributed by atoms with van der Waals surface area (Å²) in [5.74, 6) is -2.77. The molecule has 15 nitrogen and oxygen atoms in total. The Hall–Kier alpha value is -5.57. The fourth-order valence-electron chi connectivity index (χ4n) is 5.00. The summed E-state index contributed by atoms with van der Waals surface area (Å²) < 4.78 is 15.7. The topological polar surface area (TPSA) is 213 Å². The predicted molar refractivity (Wildman–Crippen MR) is 185 cm³/mol. The molecule has 15 heteroatoms. The van der Waals surface area contributed by atoms with Crippen LogP contribution < -0.4 is 26.4 Å². The molecule has 2 aromatic rings. The maximum atomic E-state index is 13.5. The van der Waals surface area contributed by atoms with Crippen molar-refractivity contribution in [1.82, 2.24) is 15.5 Å². The van der Waals surface area contributed by atoms with Crippen molar-refractivity contribution in [3.63, 3.8) is 0 Å². The number of Topliss-reactive ketones (excluding diaryl/α,β-unsaturated/α-hetero) is 1. The Balaban J connectivity index is 1.52. The predicted octanol–water partition coefficient (Wildman–Crippen LogP) is 3.15. The molecular weight excluding hydrogens is 662 g/mol. The molecular formula is C36H45N5O10. The normalized spacial score (nSPS) is 13.5. The van der Waals surface area contributed by atoms with Crippen LogP contribution in [0.3, 0.4) is 0 Å². The Morgan fingerprint density at radius 1 is 0.902 bits per heavy atom.